The zero-order chi connectivity index (χ0) is 23.5. The maximum atomic E-state index is 14.8. The van der Waals surface area contributed by atoms with Crippen LogP contribution in [-0.2, 0) is 0 Å². The van der Waals surface area contributed by atoms with Crippen LogP contribution in [0.5, 0.6) is 5.75 Å². The van der Waals surface area contributed by atoms with Crippen molar-refractivity contribution < 1.29 is 18.6 Å². The van der Waals surface area contributed by atoms with Gasteiger partial charge < -0.3 is 15.6 Å². The van der Waals surface area contributed by atoms with Crippen molar-refractivity contribution in [2.24, 2.45) is 5.92 Å². The second-order valence-corrected chi connectivity index (χ2v) is 8.10. The SMILES string of the molecule is CC[C@@H](CCOc1cc(-c2ccn3nc(N)nc3c2)cc(C)c1F)[C@H](O)c1ccc(F)cc1. The standard InChI is InChI=1S/C25H26F2N4O2/c1-3-16(24(32)17-4-6-20(26)7-5-17)9-11-33-21-13-19(12-15(2)23(21)27)18-8-10-31-22(14-18)29-25(28)30-31/h4-8,10,12-14,16,24,32H,3,9,11H2,1-2H3,(H2,28,30)/t16-,24-/m0/s1. The number of aryl methyl sites for hydroxylation is 1. The summed E-state index contributed by atoms with van der Waals surface area (Å²) in [6, 6.07) is 12.9. The first-order chi connectivity index (χ1) is 15.9. The van der Waals surface area contributed by atoms with E-state index in [4.69, 9.17) is 10.5 Å². The summed E-state index contributed by atoms with van der Waals surface area (Å²) in [5.41, 5.74) is 8.98. The second kappa shape index (κ2) is 9.54. The smallest absolute Gasteiger partial charge is 0.240 e. The molecule has 0 unspecified atom stereocenters. The second-order valence-electron chi connectivity index (χ2n) is 8.10. The molecule has 0 saturated carbocycles. The van der Waals surface area contributed by atoms with Gasteiger partial charge in [-0.3, -0.25) is 0 Å². The van der Waals surface area contributed by atoms with Gasteiger partial charge >= 0.3 is 0 Å². The Kier molecular flexibility index (Phi) is 6.55. The largest absolute Gasteiger partial charge is 0.490 e. The first-order valence-electron chi connectivity index (χ1n) is 10.8. The Morgan fingerprint density at radius 3 is 2.58 bits per heavy atom. The summed E-state index contributed by atoms with van der Waals surface area (Å²) in [5, 5.41) is 14.7. The van der Waals surface area contributed by atoms with E-state index >= 15 is 0 Å². The van der Waals surface area contributed by atoms with Gasteiger partial charge in [0.15, 0.2) is 17.2 Å². The first-order valence-corrected chi connectivity index (χ1v) is 10.8. The van der Waals surface area contributed by atoms with Crippen LogP contribution < -0.4 is 10.5 Å². The van der Waals surface area contributed by atoms with Crippen molar-refractivity contribution in [1.29, 1.82) is 0 Å². The molecule has 0 aliphatic carbocycles. The van der Waals surface area contributed by atoms with Crippen molar-refractivity contribution in [1.82, 2.24) is 14.6 Å². The molecule has 0 spiro atoms. The molecule has 4 rings (SSSR count). The number of aromatic nitrogens is 3. The van der Waals surface area contributed by atoms with Crippen LogP contribution in [0.3, 0.4) is 0 Å². The number of benzene rings is 2. The number of anilines is 1. The average molecular weight is 453 g/mol. The lowest BCUT2D eigenvalue weighted by molar-refractivity contribution is 0.0893. The molecule has 2 aromatic carbocycles. The topological polar surface area (TPSA) is 85.7 Å². The number of ether oxygens (including phenoxy) is 1. The van der Waals surface area contributed by atoms with Crippen molar-refractivity contribution in [2.45, 2.75) is 32.8 Å². The maximum absolute atomic E-state index is 14.8. The third-order valence-corrected chi connectivity index (χ3v) is 5.84. The number of halogens is 2. The molecule has 0 radical (unpaired) electrons. The Balaban J connectivity index is 1.49. The fraction of sp³-hybridized carbons (Fsp3) is 0.280. The highest BCUT2D eigenvalue weighted by atomic mass is 19.1. The number of pyridine rings is 1. The van der Waals surface area contributed by atoms with Crippen LogP contribution in [-0.4, -0.2) is 26.3 Å². The lowest BCUT2D eigenvalue weighted by Crippen LogP contribution is -2.15. The van der Waals surface area contributed by atoms with Gasteiger partial charge in [0.2, 0.25) is 5.95 Å². The maximum Gasteiger partial charge on any atom is 0.240 e. The molecule has 2 aromatic heterocycles. The van der Waals surface area contributed by atoms with E-state index in [0.717, 1.165) is 11.1 Å². The third-order valence-electron chi connectivity index (χ3n) is 5.84. The number of nitrogen functional groups attached to an aromatic ring is 1. The minimum Gasteiger partial charge on any atom is -0.490 e. The number of nitrogens with zero attached hydrogens (tertiary/aromatic N) is 3. The van der Waals surface area contributed by atoms with E-state index in [1.807, 2.05) is 19.1 Å². The number of aliphatic hydroxyl groups is 1. The van der Waals surface area contributed by atoms with Crippen LogP contribution in [0, 0.1) is 24.5 Å². The van der Waals surface area contributed by atoms with Crippen molar-refractivity contribution in [2.75, 3.05) is 12.3 Å². The highest BCUT2D eigenvalue weighted by Crippen LogP contribution is 2.31. The van der Waals surface area contributed by atoms with Gasteiger partial charge in [-0.15, -0.1) is 5.10 Å². The lowest BCUT2D eigenvalue weighted by Gasteiger charge is -2.22. The average Bonchev–Trinajstić information content (AvgIpc) is 3.18. The highest BCUT2D eigenvalue weighted by molar-refractivity contribution is 5.69. The van der Waals surface area contributed by atoms with Crippen LogP contribution in [0.1, 0.15) is 37.0 Å². The Bertz CT molecular complexity index is 1260. The summed E-state index contributed by atoms with van der Waals surface area (Å²) in [5.74, 6) is -0.543. The molecule has 0 amide bonds. The van der Waals surface area contributed by atoms with Crippen LogP contribution >= 0.6 is 0 Å². The molecule has 4 aromatic rings. The Hall–Kier alpha value is -3.52. The molecule has 2 heterocycles. The molecule has 0 fully saturated rings. The van der Waals surface area contributed by atoms with E-state index in [-0.39, 0.29) is 30.0 Å². The Morgan fingerprint density at radius 1 is 1.09 bits per heavy atom. The molecule has 6 nitrogen and oxygen atoms in total. The zero-order valence-electron chi connectivity index (χ0n) is 18.5. The monoisotopic (exact) mass is 452 g/mol. The van der Waals surface area contributed by atoms with Gasteiger partial charge in [-0.05, 0) is 77.9 Å². The van der Waals surface area contributed by atoms with Crippen LogP contribution in [0.15, 0.2) is 54.7 Å². The molecule has 0 aliphatic heterocycles. The van der Waals surface area contributed by atoms with E-state index in [0.29, 0.717) is 29.6 Å². The molecule has 3 N–H and O–H groups in total. The van der Waals surface area contributed by atoms with Gasteiger partial charge in [0.1, 0.15) is 5.82 Å². The highest BCUT2D eigenvalue weighted by Gasteiger charge is 2.20. The number of nitrogens with two attached hydrogens (primary N) is 1. The van der Waals surface area contributed by atoms with Crippen molar-refractivity contribution in [3.05, 3.63) is 77.5 Å². The first kappa shape index (κ1) is 22.7. The quantitative estimate of drug-likeness (QED) is 0.389. The molecule has 0 saturated heterocycles. The number of fused-ring (bicyclic) bond motifs is 1. The van der Waals surface area contributed by atoms with Crippen LogP contribution in [0.4, 0.5) is 14.7 Å². The number of hydrogen-bond acceptors (Lipinski definition) is 5. The lowest BCUT2D eigenvalue weighted by atomic mass is 9.91. The van der Waals surface area contributed by atoms with E-state index in [1.54, 1.807) is 41.9 Å². The van der Waals surface area contributed by atoms with E-state index in [9.17, 15) is 13.9 Å². The van der Waals surface area contributed by atoms with Gasteiger partial charge in [-0.1, -0.05) is 25.5 Å². The summed E-state index contributed by atoms with van der Waals surface area (Å²) in [6.45, 7) is 3.89. The molecule has 0 bridgehead atoms. The molecular weight excluding hydrogens is 426 g/mol. The molecule has 33 heavy (non-hydrogen) atoms. The van der Waals surface area contributed by atoms with Crippen molar-refractivity contribution in [3.8, 4) is 16.9 Å². The Labute approximate surface area is 190 Å². The fourth-order valence-electron chi connectivity index (χ4n) is 3.92. The predicted molar refractivity (Wildman–Crippen MR) is 123 cm³/mol. The predicted octanol–water partition coefficient (Wildman–Crippen LogP) is 5.09. The van der Waals surface area contributed by atoms with Crippen molar-refractivity contribution >= 4 is 11.6 Å². The van der Waals surface area contributed by atoms with Gasteiger partial charge in [0, 0.05) is 6.20 Å². The van der Waals surface area contributed by atoms with Gasteiger partial charge in [-0.25, -0.2) is 13.3 Å². The van der Waals surface area contributed by atoms with E-state index < -0.39 is 11.9 Å². The zero-order valence-corrected chi connectivity index (χ0v) is 18.5. The number of aliphatic hydroxyl groups excluding tert-OH is 1. The summed E-state index contributed by atoms with van der Waals surface area (Å²) in [7, 11) is 0. The minimum absolute atomic E-state index is 0.108. The summed E-state index contributed by atoms with van der Waals surface area (Å²) in [4.78, 5) is 4.17. The fourth-order valence-corrected chi connectivity index (χ4v) is 3.92. The number of hydrogen-bond donors (Lipinski definition) is 2. The summed E-state index contributed by atoms with van der Waals surface area (Å²) >= 11 is 0. The Morgan fingerprint density at radius 2 is 1.85 bits per heavy atom. The summed E-state index contributed by atoms with van der Waals surface area (Å²) < 4.78 is 35.3. The molecule has 0 aliphatic rings. The minimum atomic E-state index is -0.751. The number of rotatable bonds is 8. The van der Waals surface area contributed by atoms with Crippen molar-refractivity contribution in [3.63, 3.8) is 0 Å². The van der Waals surface area contributed by atoms with E-state index in [1.165, 1.54) is 12.1 Å². The van der Waals surface area contributed by atoms with E-state index in [2.05, 4.69) is 10.1 Å². The van der Waals surface area contributed by atoms with Gasteiger partial charge in [0.25, 0.3) is 0 Å². The third kappa shape index (κ3) is 4.96. The molecule has 8 heteroatoms. The van der Waals surface area contributed by atoms with Crippen LogP contribution in [0.2, 0.25) is 0 Å². The van der Waals surface area contributed by atoms with Gasteiger partial charge in [-0.2, -0.15) is 4.98 Å². The molecular formula is C25H26F2N4O2. The molecule has 172 valence electrons. The normalized spacial score (nSPS) is 13.2. The molecule has 2 atom stereocenters. The summed E-state index contributed by atoms with van der Waals surface area (Å²) in [6.07, 6.45) is 2.21. The van der Waals surface area contributed by atoms with Gasteiger partial charge in [0.05, 0.1) is 12.7 Å². The van der Waals surface area contributed by atoms with Crippen LogP contribution in [0.25, 0.3) is 16.8 Å².